The van der Waals surface area contributed by atoms with Gasteiger partial charge in [-0.05, 0) is 42.7 Å². The number of rotatable bonds is 6. The quantitative estimate of drug-likeness (QED) is 0.426. The normalized spacial score (nSPS) is 14.8. The first-order valence-electron chi connectivity index (χ1n) is 10.8. The minimum absolute atomic E-state index is 0.116. The van der Waals surface area contributed by atoms with Gasteiger partial charge in [-0.15, -0.1) is 0 Å². The van der Waals surface area contributed by atoms with Crippen molar-refractivity contribution in [3.05, 3.63) is 82.9 Å². The lowest BCUT2D eigenvalue weighted by Crippen LogP contribution is -2.19. The standard InChI is InChI=1S/C25H25N3O2S/c29-24-15-19(17-30-20-7-3-1-4-8-20)27-25-23(16-26-28(24)25)18-11-13-22(14-12-18)31-21-9-5-2-6-10-21/h2,5-6,9-16,20,26H,1,3-4,7-8,17H2. The van der Waals surface area contributed by atoms with E-state index in [-0.39, 0.29) is 11.7 Å². The van der Waals surface area contributed by atoms with Gasteiger partial charge in [-0.1, -0.05) is 61.4 Å². The lowest BCUT2D eigenvalue weighted by Gasteiger charge is -2.21. The van der Waals surface area contributed by atoms with Gasteiger partial charge in [-0.2, -0.15) is 0 Å². The summed E-state index contributed by atoms with van der Waals surface area (Å²) in [5.41, 5.74) is 3.14. The van der Waals surface area contributed by atoms with E-state index >= 15 is 0 Å². The molecule has 0 bridgehead atoms. The number of hydrogen-bond donors (Lipinski definition) is 1. The molecular formula is C25H25N3O2S. The third-order valence-electron chi connectivity index (χ3n) is 5.71. The highest BCUT2D eigenvalue weighted by atomic mass is 32.2. The van der Waals surface area contributed by atoms with Crippen LogP contribution in [0, 0.1) is 0 Å². The molecule has 0 unspecified atom stereocenters. The first-order valence-corrected chi connectivity index (χ1v) is 11.6. The maximum atomic E-state index is 12.6. The van der Waals surface area contributed by atoms with Crippen molar-refractivity contribution >= 4 is 17.4 Å². The Morgan fingerprint density at radius 3 is 2.52 bits per heavy atom. The van der Waals surface area contributed by atoms with E-state index in [2.05, 4.69) is 41.5 Å². The number of nitrogens with one attached hydrogen (secondary N) is 1. The Morgan fingerprint density at radius 2 is 1.74 bits per heavy atom. The second-order valence-corrected chi connectivity index (χ2v) is 9.09. The van der Waals surface area contributed by atoms with Crippen LogP contribution in [-0.4, -0.2) is 20.7 Å². The number of ether oxygens (including phenoxy) is 1. The third kappa shape index (κ3) is 4.60. The zero-order valence-corrected chi connectivity index (χ0v) is 18.1. The second-order valence-electron chi connectivity index (χ2n) is 7.94. The first kappa shape index (κ1) is 20.1. The minimum Gasteiger partial charge on any atom is -0.372 e. The zero-order chi connectivity index (χ0) is 21.0. The Bertz CT molecular complexity index is 1210. The van der Waals surface area contributed by atoms with Crippen LogP contribution in [0.5, 0.6) is 0 Å². The summed E-state index contributed by atoms with van der Waals surface area (Å²) in [5, 5.41) is 3.04. The van der Waals surface area contributed by atoms with Crippen molar-refractivity contribution in [3.8, 4) is 11.1 Å². The summed E-state index contributed by atoms with van der Waals surface area (Å²) in [5.74, 6) is 0. The topological polar surface area (TPSA) is 59.4 Å². The highest BCUT2D eigenvalue weighted by Crippen LogP contribution is 2.30. The summed E-state index contributed by atoms with van der Waals surface area (Å²) < 4.78 is 7.54. The van der Waals surface area contributed by atoms with Crippen LogP contribution in [0.4, 0.5) is 0 Å². The number of benzene rings is 2. The first-order chi connectivity index (χ1) is 15.3. The minimum atomic E-state index is -0.116. The van der Waals surface area contributed by atoms with Gasteiger partial charge in [0, 0.05) is 27.6 Å². The van der Waals surface area contributed by atoms with E-state index in [0.29, 0.717) is 17.9 Å². The molecule has 0 aliphatic heterocycles. The number of hydrogen-bond acceptors (Lipinski definition) is 4. The van der Waals surface area contributed by atoms with Crippen LogP contribution in [0.25, 0.3) is 16.8 Å². The highest BCUT2D eigenvalue weighted by molar-refractivity contribution is 7.99. The molecule has 0 spiro atoms. The Hall–Kier alpha value is -2.83. The molecule has 0 radical (unpaired) electrons. The van der Waals surface area contributed by atoms with Crippen molar-refractivity contribution < 1.29 is 4.74 Å². The number of H-pyrrole nitrogens is 1. The molecule has 0 saturated heterocycles. The molecule has 1 aliphatic rings. The molecule has 0 amide bonds. The number of fused-ring (bicyclic) bond motifs is 1. The van der Waals surface area contributed by atoms with Crippen LogP contribution < -0.4 is 5.56 Å². The van der Waals surface area contributed by atoms with Crippen molar-refractivity contribution in [2.24, 2.45) is 0 Å². The summed E-state index contributed by atoms with van der Waals surface area (Å²) in [4.78, 5) is 19.7. The van der Waals surface area contributed by atoms with Gasteiger partial charge >= 0.3 is 0 Å². The molecular weight excluding hydrogens is 406 g/mol. The smallest absolute Gasteiger partial charge is 0.272 e. The Labute approximate surface area is 185 Å². The van der Waals surface area contributed by atoms with Gasteiger partial charge in [0.2, 0.25) is 0 Å². The molecule has 158 valence electrons. The summed E-state index contributed by atoms with van der Waals surface area (Å²) in [7, 11) is 0. The average molecular weight is 432 g/mol. The molecule has 1 N–H and O–H groups in total. The molecule has 1 saturated carbocycles. The summed E-state index contributed by atoms with van der Waals surface area (Å²) in [6.07, 6.45) is 8.07. The molecule has 31 heavy (non-hydrogen) atoms. The fourth-order valence-electron chi connectivity index (χ4n) is 4.08. The zero-order valence-electron chi connectivity index (χ0n) is 17.3. The molecule has 2 aromatic heterocycles. The monoisotopic (exact) mass is 431 g/mol. The fourth-order valence-corrected chi connectivity index (χ4v) is 4.91. The van der Waals surface area contributed by atoms with Gasteiger partial charge in [0.15, 0.2) is 5.65 Å². The fraction of sp³-hybridized carbons (Fsp3) is 0.280. The van der Waals surface area contributed by atoms with Crippen LogP contribution in [0.1, 0.15) is 37.8 Å². The van der Waals surface area contributed by atoms with Gasteiger partial charge in [0.05, 0.1) is 18.4 Å². The van der Waals surface area contributed by atoms with E-state index in [1.165, 1.54) is 33.6 Å². The largest absolute Gasteiger partial charge is 0.372 e. The van der Waals surface area contributed by atoms with Gasteiger partial charge in [0.25, 0.3) is 5.56 Å². The van der Waals surface area contributed by atoms with E-state index in [1.54, 1.807) is 17.8 Å². The molecule has 2 heterocycles. The average Bonchev–Trinajstić information content (AvgIpc) is 3.24. The molecule has 5 rings (SSSR count). The van der Waals surface area contributed by atoms with Crippen molar-refractivity contribution in [2.45, 2.75) is 54.6 Å². The molecule has 6 heteroatoms. The van der Waals surface area contributed by atoms with Crippen LogP contribution in [0.3, 0.4) is 0 Å². The Kier molecular flexibility index (Phi) is 5.91. The van der Waals surface area contributed by atoms with E-state index in [0.717, 1.165) is 24.0 Å². The molecule has 0 atom stereocenters. The second kappa shape index (κ2) is 9.12. The van der Waals surface area contributed by atoms with Crippen molar-refractivity contribution in [3.63, 3.8) is 0 Å². The van der Waals surface area contributed by atoms with Gasteiger partial charge in [-0.25, -0.2) is 9.50 Å². The van der Waals surface area contributed by atoms with Crippen LogP contribution >= 0.6 is 11.8 Å². The number of nitrogens with zero attached hydrogens (tertiary/aromatic N) is 2. The predicted molar refractivity (Wildman–Crippen MR) is 123 cm³/mol. The number of aromatic amines is 1. The molecule has 1 fully saturated rings. The summed E-state index contributed by atoms with van der Waals surface area (Å²) >= 11 is 1.73. The summed E-state index contributed by atoms with van der Waals surface area (Å²) in [6.45, 7) is 0.383. The Balaban J connectivity index is 1.38. The van der Waals surface area contributed by atoms with Gasteiger partial charge < -0.3 is 4.74 Å². The van der Waals surface area contributed by atoms with E-state index in [1.807, 2.05) is 24.4 Å². The van der Waals surface area contributed by atoms with Crippen molar-refractivity contribution in [2.75, 3.05) is 0 Å². The lowest BCUT2D eigenvalue weighted by atomic mass is 9.98. The molecule has 4 aromatic rings. The van der Waals surface area contributed by atoms with Crippen LogP contribution in [0.15, 0.2) is 81.4 Å². The van der Waals surface area contributed by atoms with E-state index in [9.17, 15) is 4.79 Å². The Morgan fingerprint density at radius 1 is 1.00 bits per heavy atom. The third-order valence-corrected chi connectivity index (χ3v) is 6.73. The predicted octanol–water partition coefficient (Wildman–Crippen LogP) is 5.69. The highest BCUT2D eigenvalue weighted by Gasteiger charge is 2.16. The van der Waals surface area contributed by atoms with E-state index < -0.39 is 0 Å². The van der Waals surface area contributed by atoms with Crippen molar-refractivity contribution in [1.29, 1.82) is 0 Å². The van der Waals surface area contributed by atoms with Crippen LogP contribution in [-0.2, 0) is 11.3 Å². The number of aromatic nitrogens is 3. The van der Waals surface area contributed by atoms with Crippen molar-refractivity contribution in [1.82, 2.24) is 14.6 Å². The summed E-state index contributed by atoms with van der Waals surface area (Å²) in [6, 6.07) is 20.2. The maximum absolute atomic E-state index is 12.6. The maximum Gasteiger partial charge on any atom is 0.272 e. The van der Waals surface area contributed by atoms with Crippen LogP contribution in [0.2, 0.25) is 0 Å². The molecule has 5 nitrogen and oxygen atoms in total. The van der Waals surface area contributed by atoms with Gasteiger partial charge in [-0.3, -0.25) is 9.89 Å². The lowest BCUT2D eigenvalue weighted by molar-refractivity contribution is 0.0153. The molecule has 1 aliphatic carbocycles. The SMILES string of the molecule is O=c1cc(COC2CCCCC2)nc2c(-c3ccc(Sc4ccccc4)cc3)c[nH]n12. The van der Waals surface area contributed by atoms with Gasteiger partial charge in [0.1, 0.15) is 0 Å². The van der Waals surface area contributed by atoms with E-state index in [4.69, 9.17) is 9.72 Å². The molecule has 2 aromatic carbocycles.